The van der Waals surface area contributed by atoms with Crippen LogP contribution in [0.5, 0.6) is 0 Å². The highest BCUT2D eigenvalue weighted by molar-refractivity contribution is 5.74. The molecule has 0 radical (unpaired) electrons. The number of aliphatic hydroxyl groups is 1. The van der Waals surface area contributed by atoms with E-state index in [1.54, 1.807) is 0 Å². The van der Waals surface area contributed by atoms with Crippen LogP contribution in [-0.2, 0) is 4.74 Å². The number of likely N-dealkylation sites (N-methyl/N-ethyl adjacent to an activating group) is 1. The first kappa shape index (κ1) is 16.2. The molecule has 2 aliphatic rings. The number of aliphatic hydroxyl groups excluding tert-OH is 1. The molecule has 3 N–H and O–H groups in total. The second-order valence-corrected chi connectivity index (χ2v) is 6.56. The fourth-order valence-corrected chi connectivity index (χ4v) is 3.50. The molecule has 2 heterocycles. The number of nitrogens with zero attached hydrogens (tertiary/aromatic N) is 1. The van der Waals surface area contributed by atoms with Gasteiger partial charge in [-0.1, -0.05) is 30.3 Å². The molecule has 2 amide bonds. The molecule has 4 atom stereocenters. The molecule has 0 bridgehead atoms. The third-order valence-corrected chi connectivity index (χ3v) is 4.74. The third-order valence-electron chi connectivity index (χ3n) is 4.74. The Morgan fingerprint density at radius 2 is 2.09 bits per heavy atom. The lowest BCUT2D eigenvalue weighted by Crippen LogP contribution is -2.48. The van der Waals surface area contributed by atoms with Gasteiger partial charge in [0.05, 0.1) is 25.4 Å². The van der Waals surface area contributed by atoms with Gasteiger partial charge >= 0.3 is 6.03 Å². The summed E-state index contributed by atoms with van der Waals surface area (Å²) >= 11 is 0. The first-order valence-electron chi connectivity index (χ1n) is 8.17. The highest BCUT2D eigenvalue weighted by Crippen LogP contribution is 2.31. The first-order valence-corrected chi connectivity index (χ1v) is 8.17. The minimum absolute atomic E-state index is 0.235. The predicted molar refractivity (Wildman–Crippen MR) is 87.3 cm³/mol. The molecule has 126 valence electrons. The monoisotopic (exact) mass is 319 g/mol. The van der Waals surface area contributed by atoms with E-state index in [0.29, 0.717) is 25.0 Å². The van der Waals surface area contributed by atoms with Gasteiger partial charge in [0, 0.05) is 25.6 Å². The number of carbonyl (C=O) groups is 1. The summed E-state index contributed by atoms with van der Waals surface area (Å²) in [5, 5.41) is 15.4. The van der Waals surface area contributed by atoms with Crippen LogP contribution in [-0.4, -0.2) is 68.1 Å². The van der Waals surface area contributed by atoms with Crippen LogP contribution < -0.4 is 10.6 Å². The van der Waals surface area contributed by atoms with Crippen LogP contribution in [0.3, 0.4) is 0 Å². The van der Waals surface area contributed by atoms with E-state index in [9.17, 15) is 9.90 Å². The van der Waals surface area contributed by atoms with Crippen LogP contribution in [0.15, 0.2) is 30.3 Å². The van der Waals surface area contributed by atoms with Gasteiger partial charge in [-0.3, -0.25) is 0 Å². The Morgan fingerprint density at radius 1 is 1.30 bits per heavy atom. The second-order valence-electron chi connectivity index (χ2n) is 6.56. The number of amides is 2. The lowest BCUT2D eigenvalue weighted by Gasteiger charge is -2.21. The number of nitrogens with one attached hydrogen (secondary N) is 2. The average molecular weight is 319 g/mol. The molecule has 0 saturated carbocycles. The van der Waals surface area contributed by atoms with Gasteiger partial charge in [-0.15, -0.1) is 0 Å². The van der Waals surface area contributed by atoms with E-state index in [1.165, 1.54) is 5.56 Å². The predicted octanol–water partition coefficient (Wildman–Crippen LogP) is 0.391. The molecule has 6 nitrogen and oxygen atoms in total. The molecule has 3 rings (SSSR count). The number of urea groups is 1. The summed E-state index contributed by atoms with van der Waals surface area (Å²) in [4.78, 5) is 14.3. The number of benzene rings is 1. The zero-order valence-corrected chi connectivity index (χ0v) is 13.4. The Labute approximate surface area is 136 Å². The van der Waals surface area contributed by atoms with E-state index in [0.717, 1.165) is 13.1 Å². The van der Waals surface area contributed by atoms with Crippen molar-refractivity contribution >= 4 is 6.03 Å². The molecule has 0 spiro atoms. The smallest absolute Gasteiger partial charge is 0.315 e. The third kappa shape index (κ3) is 4.02. The summed E-state index contributed by atoms with van der Waals surface area (Å²) in [6.45, 7) is 3.25. The van der Waals surface area contributed by atoms with Crippen molar-refractivity contribution < 1.29 is 14.6 Å². The van der Waals surface area contributed by atoms with Gasteiger partial charge in [-0.25, -0.2) is 4.79 Å². The SMILES string of the molecule is CN1C[C@@H](CNC(=O)N[C@@H]2COC[C@@H]2O)[C@H](c2ccccc2)C1. The summed E-state index contributed by atoms with van der Waals surface area (Å²) in [6, 6.07) is 9.91. The van der Waals surface area contributed by atoms with E-state index in [-0.39, 0.29) is 18.7 Å². The minimum Gasteiger partial charge on any atom is -0.388 e. The molecule has 2 fully saturated rings. The number of rotatable bonds is 4. The Morgan fingerprint density at radius 3 is 2.78 bits per heavy atom. The van der Waals surface area contributed by atoms with Gasteiger partial charge in [-0.2, -0.15) is 0 Å². The van der Waals surface area contributed by atoms with E-state index in [1.807, 2.05) is 6.07 Å². The Kier molecular flexibility index (Phi) is 5.15. The molecule has 0 aliphatic carbocycles. The van der Waals surface area contributed by atoms with Crippen LogP contribution in [0.4, 0.5) is 4.79 Å². The molecule has 0 aromatic heterocycles. The summed E-state index contributed by atoms with van der Waals surface area (Å²) < 4.78 is 5.14. The topological polar surface area (TPSA) is 73.8 Å². The Bertz CT molecular complexity index is 525. The number of carbonyl (C=O) groups excluding carboxylic acids is 1. The van der Waals surface area contributed by atoms with E-state index in [4.69, 9.17) is 4.74 Å². The average Bonchev–Trinajstić information content (AvgIpc) is 3.12. The van der Waals surface area contributed by atoms with Gasteiger partial charge in [0.15, 0.2) is 0 Å². The van der Waals surface area contributed by atoms with Crippen molar-refractivity contribution in [3.63, 3.8) is 0 Å². The molecule has 0 unspecified atom stereocenters. The number of hydrogen-bond acceptors (Lipinski definition) is 4. The summed E-state index contributed by atoms with van der Waals surface area (Å²) in [5.41, 5.74) is 1.32. The zero-order valence-electron chi connectivity index (χ0n) is 13.4. The normalized spacial score (nSPS) is 31.2. The maximum Gasteiger partial charge on any atom is 0.315 e. The van der Waals surface area contributed by atoms with Crippen molar-refractivity contribution in [2.45, 2.75) is 18.1 Å². The lowest BCUT2D eigenvalue weighted by molar-refractivity contribution is 0.122. The van der Waals surface area contributed by atoms with Gasteiger partial charge < -0.3 is 25.4 Å². The van der Waals surface area contributed by atoms with Crippen LogP contribution in [0, 0.1) is 5.92 Å². The molecule has 6 heteroatoms. The van der Waals surface area contributed by atoms with Gasteiger partial charge in [0.25, 0.3) is 0 Å². The van der Waals surface area contributed by atoms with Gasteiger partial charge in [0.1, 0.15) is 0 Å². The molecule has 1 aromatic carbocycles. The first-order chi connectivity index (χ1) is 11.1. The number of hydrogen-bond donors (Lipinski definition) is 3. The Hall–Kier alpha value is -1.63. The quantitative estimate of drug-likeness (QED) is 0.751. The molecule has 2 saturated heterocycles. The standard InChI is InChI=1S/C17H25N3O3/c1-20-8-13(14(9-20)12-5-3-2-4-6-12)7-18-17(22)19-15-10-23-11-16(15)21/h2-6,13-16,21H,7-11H2,1H3,(H2,18,19,22)/t13-,14+,15-,16+/m1/s1. The summed E-state index contributed by atoms with van der Waals surface area (Å²) in [7, 11) is 2.11. The fourth-order valence-electron chi connectivity index (χ4n) is 3.50. The van der Waals surface area contributed by atoms with Crippen LogP contribution in [0.2, 0.25) is 0 Å². The van der Waals surface area contributed by atoms with E-state index >= 15 is 0 Å². The van der Waals surface area contributed by atoms with Gasteiger partial charge in [-0.05, 0) is 18.5 Å². The van der Waals surface area contributed by atoms with Crippen molar-refractivity contribution in [2.75, 3.05) is 39.9 Å². The molecule has 23 heavy (non-hydrogen) atoms. The second kappa shape index (κ2) is 7.29. The molecule has 1 aromatic rings. The number of ether oxygens (including phenoxy) is 1. The minimum atomic E-state index is -0.615. The Balaban J connectivity index is 1.53. The lowest BCUT2D eigenvalue weighted by atomic mass is 9.89. The number of likely N-dealkylation sites (tertiary alicyclic amines) is 1. The van der Waals surface area contributed by atoms with Crippen LogP contribution in [0.25, 0.3) is 0 Å². The maximum absolute atomic E-state index is 12.0. The van der Waals surface area contributed by atoms with Crippen molar-refractivity contribution in [1.29, 1.82) is 0 Å². The summed E-state index contributed by atoms with van der Waals surface area (Å²) in [6.07, 6.45) is -0.615. The van der Waals surface area contributed by atoms with Crippen LogP contribution in [0.1, 0.15) is 11.5 Å². The highest BCUT2D eigenvalue weighted by atomic mass is 16.5. The van der Waals surface area contributed by atoms with Gasteiger partial charge in [0.2, 0.25) is 0 Å². The molecular weight excluding hydrogens is 294 g/mol. The van der Waals surface area contributed by atoms with Crippen molar-refractivity contribution in [2.24, 2.45) is 5.92 Å². The fraction of sp³-hybridized carbons (Fsp3) is 0.588. The van der Waals surface area contributed by atoms with Crippen molar-refractivity contribution in [1.82, 2.24) is 15.5 Å². The highest BCUT2D eigenvalue weighted by Gasteiger charge is 2.32. The largest absolute Gasteiger partial charge is 0.388 e. The molecular formula is C17H25N3O3. The maximum atomic E-state index is 12.0. The zero-order chi connectivity index (χ0) is 16.2. The van der Waals surface area contributed by atoms with Crippen molar-refractivity contribution in [3.05, 3.63) is 35.9 Å². The van der Waals surface area contributed by atoms with E-state index < -0.39 is 6.10 Å². The van der Waals surface area contributed by atoms with E-state index in [2.05, 4.69) is 46.8 Å². The van der Waals surface area contributed by atoms with Crippen LogP contribution >= 0.6 is 0 Å². The summed E-state index contributed by atoms with van der Waals surface area (Å²) in [5.74, 6) is 0.819. The van der Waals surface area contributed by atoms with Crippen molar-refractivity contribution in [3.8, 4) is 0 Å². The molecule has 2 aliphatic heterocycles.